The van der Waals surface area contributed by atoms with E-state index in [9.17, 15) is 0 Å². The van der Waals surface area contributed by atoms with Crippen LogP contribution in [0.5, 0.6) is 0 Å². The van der Waals surface area contributed by atoms with Crippen molar-refractivity contribution in [2.75, 3.05) is 0 Å². The van der Waals surface area contributed by atoms with Gasteiger partial charge in [-0.15, -0.1) is 11.3 Å². The van der Waals surface area contributed by atoms with Gasteiger partial charge < -0.3 is 9.88 Å². The Bertz CT molecular complexity index is 512. The molecule has 0 amide bonds. The lowest BCUT2D eigenvalue weighted by molar-refractivity contribution is 0.367. The molecule has 2 aromatic heterocycles. The Morgan fingerprint density at radius 1 is 1.45 bits per heavy atom. The highest BCUT2D eigenvalue weighted by Crippen LogP contribution is 2.37. The van der Waals surface area contributed by atoms with Crippen LogP contribution >= 0.6 is 11.3 Å². The van der Waals surface area contributed by atoms with Gasteiger partial charge in [-0.25, -0.2) is 4.98 Å². The Hall–Kier alpha value is -1.13. The Labute approximate surface area is 125 Å². The van der Waals surface area contributed by atoms with E-state index >= 15 is 0 Å². The largest absolute Gasteiger partial charge is 0.334 e. The SMILES string of the molecule is CCn1cncc1CNC(c1cccs1)C1CCCC1. The first-order valence-corrected chi connectivity index (χ1v) is 8.52. The molecule has 1 saturated carbocycles. The average molecular weight is 289 g/mol. The first-order chi connectivity index (χ1) is 9.88. The molecular weight excluding hydrogens is 266 g/mol. The average Bonchev–Trinajstić information content (AvgIpc) is 3.22. The number of imidazole rings is 1. The van der Waals surface area contributed by atoms with Gasteiger partial charge >= 0.3 is 0 Å². The molecule has 4 heteroatoms. The lowest BCUT2D eigenvalue weighted by Crippen LogP contribution is -2.27. The van der Waals surface area contributed by atoms with Crippen LogP contribution in [0.2, 0.25) is 0 Å². The summed E-state index contributed by atoms with van der Waals surface area (Å²) < 4.78 is 2.22. The summed E-state index contributed by atoms with van der Waals surface area (Å²) in [6.45, 7) is 4.07. The van der Waals surface area contributed by atoms with E-state index in [2.05, 4.69) is 39.3 Å². The number of aryl methyl sites for hydroxylation is 1. The quantitative estimate of drug-likeness (QED) is 0.871. The van der Waals surface area contributed by atoms with Gasteiger partial charge in [-0.3, -0.25) is 0 Å². The zero-order chi connectivity index (χ0) is 13.8. The van der Waals surface area contributed by atoms with Crippen LogP contribution in [0, 0.1) is 5.92 Å². The van der Waals surface area contributed by atoms with Crippen molar-refractivity contribution in [1.82, 2.24) is 14.9 Å². The second-order valence-electron chi connectivity index (χ2n) is 5.59. The number of rotatable bonds is 6. The minimum absolute atomic E-state index is 0.512. The van der Waals surface area contributed by atoms with Gasteiger partial charge in [0, 0.05) is 30.2 Å². The van der Waals surface area contributed by atoms with Crippen LogP contribution in [0.1, 0.15) is 49.2 Å². The molecule has 0 spiro atoms. The molecule has 1 atom stereocenters. The summed E-state index contributed by atoms with van der Waals surface area (Å²) in [5.74, 6) is 0.798. The van der Waals surface area contributed by atoms with Crippen LogP contribution < -0.4 is 5.32 Å². The van der Waals surface area contributed by atoms with Crippen LogP contribution in [0.3, 0.4) is 0 Å². The fourth-order valence-corrected chi connectivity index (χ4v) is 4.15. The lowest BCUT2D eigenvalue weighted by atomic mass is 9.96. The van der Waals surface area contributed by atoms with E-state index in [0.717, 1.165) is 19.0 Å². The maximum absolute atomic E-state index is 4.26. The molecule has 1 N–H and O–H groups in total. The molecule has 0 radical (unpaired) electrons. The highest BCUT2D eigenvalue weighted by Gasteiger charge is 2.26. The van der Waals surface area contributed by atoms with Gasteiger partial charge in [0.05, 0.1) is 12.0 Å². The third-order valence-corrected chi connectivity index (χ3v) is 5.32. The van der Waals surface area contributed by atoms with Crippen molar-refractivity contribution in [3.05, 3.63) is 40.6 Å². The molecule has 3 rings (SSSR count). The predicted octanol–water partition coefficient (Wildman–Crippen LogP) is 3.99. The van der Waals surface area contributed by atoms with Crippen LogP contribution in [-0.2, 0) is 13.1 Å². The molecule has 2 heterocycles. The molecule has 1 aliphatic rings. The summed E-state index contributed by atoms with van der Waals surface area (Å²) in [5, 5.41) is 5.98. The van der Waals surface area contributed by atoms with Crippen molar-refractivity contribution in [3.63, 3.8) is 0 Å². The van der Waals surface area contributed by atoms with Crippen molar-refractivity contribution in [2.24, 2.45) is 5.92 Å². The fourth-order valence-electron chi connectivity index (χ4n) is 3.25. The normalized spacial score (nSPS) is 17.6. The van der Waals surface area contributed by atoms with Gasteiger partial charge in [-0.2, -0.15) is 0 Å². The lowest BCUT2D eigenvalue weighted by Gasteiger charge is -2.24. The van der Waals surface area contributed by atoms with Crippen molar-refractivity contribution in [1.29, 1.82) is 0 Å². The number of hydrogen-bond donors (Lipinski definition) is 1. The molecule has 1 aliphatic carbocycles. The number of nitrogens with zero attached hydrogens (tertiary/aromatic N) is 2. The minimum Gasteiger partial charge on any atom is -0.334 e. The summed E-state index contributed by atoms with van der Waals surface area (Å²) in [5.41, 5.74) is 1.28. The van der Waals surface area contributed by atoms with Gasteiger partial charge in [0.15, 0.2) is 0 Å². The van der Waals surface area contributed by atoms with Crippen LogP contribution in [-0.4, -0.2) is 9.55 Å². The maximum Gasteiger partial charge on any atom is 0.0948 e. The van der Waals surface area contributed by atoms with Crippen LogP contribution in [0.4, 0.5) is 0 Å². The van der Waals surface area contributed by atoms with E-state index in [0.29, 0.717) is 6.04 Å². The van der Waals surface area contributed by atoms with E-state index in [1.165, 1.54) is 36.3 Å². The number of aromatic nitrogens is 2. The first kappa shape index (κ1) is 13.8. The second kappa shape index (κ2) is 6.55. The third-order valence-electron chi connectivity index (χ3n) is 4.36. The van der Waals surface area contributed by atoms with E-state index in [4.69, 9.17) is 0 Å². The Morgan fingerprint density at radius 2 is 2.30 bits per heavy atom. The molecular formula is C16H23N3S. The number of thiophene rings is 1. The third kappa shape index (κ3) is 2.96. The van der Waals surface area contributed by atoms with Crippen molar-refractivity contribution in [2.45, 2.75) is 51.7 Å². The van der Waals surface area contributed by atoms with E-state index in [-0.39, 0.29) is 0 Å². The van der Waals surface area contributed by atoms with Gasteiger partial charge in [0.1, 0.15) is 0 Å². The molecule has 1 fully saturated rings. The zero-order valence-electron chi connectivity index (χ0n) is 12.1. The van der Waals surface area contributed by atoms with Crippen LogP contribution in [0.25, 0.3) is 0 Å². The van der Waals surface area contributed by atoms with Gasteiger partial charge in [-0.1, -0.05) is 18.9 Å². The van der Waals surface area contributed by atoms with Crippen molar-refractivity contribution < 1.29 is 0 Å². The zero-order valence-corrected chi connectivity index (χ0v) is 12.9. The molecule has 20 heavy (non-hydrogen) atoms. The van der Waals surface area contributed by atoms with Gasteiger partial charge in [-0.05, 0) is 37.1 Å². The van der Waals surface area contributed by atoms with Crippen molar-refractivity contribution in [3.8, 4) is 0 Å². The molecule has 0 saturated heterocycles. The Balaban J connectivity index is 1.70. The van der Waals surface area contributed by atoms with E-state index in [1.807, 2.05) is 23.9 Å². The predicted molar refractivity (Wildman–Crippen MR) is 83.8 cm³/mol. The molecule has 0 aromatic carbocycles. The van der Waals surface area contributed by atoms with Crippen LogP contribution in [0.15, 0.2) is 30.0 Å². The summed E-state index contributed by atoms with van der Waals surface area (Å²) in [6.07, 6.45) is 9.41. The minimum atomic E-state index is 0.512. The highest BCUT2D eigenvalue weighted by atomic mass is 32.1. The Morgan fingerprint density at radius 3 is 3.00 bits per heavy atom. The Kier molecular flexibility index (Phi) is 4.53. The molecule has 0 aliphatic heterocycles. The summed E-state index contributed by atoms with van der Waals surface area (Å²) in [6, 6.07) is 4.95. The maximum atomic E-state index is 4.26. The second-order valence-corrected chi connectivity index (χ2v) is 6.57. The number of nitrogens with one attached hydrogen (secondary N) is 1. The topological polar surface area (TPSA) is 29.9 Å². The summed E-state index contributed by atoms with van der Waals surface area (Å²) >= 11 is 1.88. The monoisotopic (exact) mass is 289 g/mol. The van der Waals surface area contributed by atoms with E-state index in [1.54, 1.807) is 0 Å². The number of hydrogen-bond acceptors (Lipinski definition) is 3. The van der Waals surface area contributed by atoms with Crippen molar-refractivity contribution >= 4 is 11.3 Å². The smallest absolute Gasteiger partial charge is 0.0948 e. The van der Waals surface area contributed by atoms with E-state index < -0.39 is 0 Å². The van der Waals surface area contributed by atoms with Gasteiger partial charge in [0.25, 0.3) is 0 Å². The highest BCUT2D eigenvalue weighted by molar-refractivity contribution is 7.10. The summed E-state index contributed by atoms with van der Waals surface area (Å²) in [4.78, 5) is 5.74. The molecule has 2 aromatic rings. The molecule has 0 bridgehead atoms. The molecule has 1 unspecified atom stereocenters. The van der Waals surface area contributed by atoms with Gasteiger partial charge in [0.2, 0.25) is 0 Å². The molecule has 108 valence electrons. The fraction of sp³-hybridized carbons (Fsp3) is 0.562. The molecule has 3 nitrogen and oxygen atoms in total. The standard InChI is InChI=1S/C16H23N3S/c1-2-19-12-17-10-14(19)11-18-16(13-6-3-4-7-13)15-8-5-9-20-15/h5,8-10,12-13,16,18H,2-4,6-7,11H2,1H3. The first-order valence-electron chi connectivity index (χ1n) is 7.64. The summed E-state index contributed by atoms with van der Waals surface area (Å²) in [7, 11) is 0.